The topological polar surface area (TPSA) is 57.2 Å². The molecule has 0 radical (unpaired) electrons. The highest BCUT2D eigenvalue weighted by molar-refractivity contribution is 6.62. The zero-order valence-electron chi connectivity index (χ0n) is 4.60. The predicted molar refractivity (Wildman–Crippen MR) is 27.2 cm³/mol. The summed E-state index contributed by atoms with van der Waals surface area (Å²) in [5.41, 5.74) is 0. The highest BCUT2D eigenvalue weighted by atomic mass is 35.5. The van der Waals surface area contributed by atoms with Crippen molar-refractivity contribution >= 4 is 22.8 Å². The molecule has 0 bridgehead atoms. The SMILES string of the molecule is CC(=O)Cl.CC(=O)[O-]. The van der Waals surface area contributed by atoms with E-state index in [4.69, 9.17) is 9.90 Å². The molecule has 0 amide bonds. The Morgan fingerprint density at radius 2 is 1.38 bits per heavy atom. The van der Waals surface area contributed by atoms with Crippen LogP contribution >= 0.6 is 11.6 Å². The summed E-state index contributed by atoms with van der Waals surface area (Å²) in [5, 5.41) is 8.53. The lowest BCUT2D eigenvalue weighted by Gasteiger charge is -1.77. The fourth-order valence-electron chi connectivity index (χ4n) is 0. The van der Waals surface area contributed by atoms with E-state index in [-0.39, 0.29) is 5.24 Å². The second-order valence-corrected chi connectivity index (χ2v) is 1.49. The standard InChI is InChI=1S/C2H3ClO.C2H4O2/c2*1-2(3)4/h1H3;1H3,(H,3,4)/p-1. The Morgan fingerprint density at radius 1 is 1.38 bits per heavy atom. The Labute approximate surface area is 52.3 Å². The molecule has 0 fully saturated rings. The Balaban J connectivity index is 0. The summed E-state index contributed by atoms with van der Waals surface area (Å²) < 4.78 is 0. The Hall–Kier alpha value is -0.570. The van der Waals surface area contributed by atoms with E-state index >= 15 is 0 Å². The lowest BCUT2D eigenvalue weighted by molar-refractivity contribution is -0.302. The van der Waals surface area contributed by atoms with Crippen molar-refractivity contribution in [3.63, 3.8) is 0 Å². The van der Waals surface area contributed by atoms with Crippen LogP contribution in [0.2, 0.25) is 0 Å². The van der Waals surface area contributed by atoms with Gasteiger partial charge in [0.05, 0.1) is 0 Å². The van der Waals surface area contributed by atoms with E-state index in [0.29, 0.717) is 0 Å². The Morgan fingerprint density at radius 3 is 1.38 bits per heavy atom. The van der Waals surface area contributed by atoms with Crippen molar-refractivity contribution in [3.05, 3.63) is 0 Å². The maximum atomic E-state index is 9.21. The largest absolute Gasteiger partial charge is 0.550 e. The van der Waals surface area contributed by atoms with Gasteiger partial charge in [0.15, 0.2) is 0 Å². The van der Waals surface area contributed by atoms with E-state index < -0.39 is 5.97 Å². The maximum absolute atomic E-state index is 9.21. The number of aliphatic carboxylic acids is 1. The molecule has 0 aromatic rings. The van der Waals surface area contributed by atoms with E-state index in [1.165, 1.54) is 6.92 Å². The molecule has 0 spiro atoms. The minimum Gasteiger partial charge on any atom is -0.550 e. The number of carbonyl (C=O) groups is 2. The lowest BCUT2D eigenvalue weighted by Crippen LogP contribution is -2.16. The van der Waals surface area contributed by atoms with Crippen LogP contribution in [0.5, 0.6) is 0 Å². The normalized spacial score (nSPS) is 6.38. The number of halogens is 1. The van der Waals surface area contributed by atoms with Crippen LogP contribution in [0.25, 0.3) is 0 Å². The zero-order chi connectivity index (χ0) is 7.15. The summed E-state index contributed by atoms with van der Waals surface area (Å²) in [6, 6.07) is 0. The van der Waals surface area contributed by atoms with Crippen molar-refractivity contribution in [1.82, 2.24) is 0 Å². The van der Waals surface area contributed by atoms with Gasteiger partial charge in [-0.15, -0.1) is 0 Å². The monoisotopic (exact) mass is 137 g/mol. The molecular weight excluding hydrogens is 131 g/mol. The minimum absolute atomic E-state index is 0.361. The molecule has 0 aromatic carbocycles. The first-order valence-electron chi connectivity index (χ1n) is 1.80. The molecular formula is C4H6ClO3-. The molecule has 0 heterocycles. The van der Waals surface area contributed by atoms with Gasteiger partial charge < -0.3 is 9.90 Å². The van der Waals surface area contributed by atoms with Crippen LogP contribution in [-0.4, -0.2) is 11.2 Å². The lowest BCUT2D eigenvalue weighted by atomic mass is 10.9. The third-order valence-corrected chi connectivity index (χ3v) is 0. The van der Waals surface area contributed by atoms with Crippen LogP contribution in [0.1, 0.15) is 13.8 Å². The summed E-state index contributed by atoms with van der Waals surface area (Å²) in [7, 11) is 0. The first kappa shape index (κ1) is 10.4. The molecule has 0 rings (SSSR count). The van der Waals surface area contributed by atoms with Crippen molar-refractivity contribution < 1.29 is 14.7 Å². The highest BCUT2D eigenvalue weighted by Crippen LogP contribution is 1.67. The number of carbonyl (C=O) groups excluding carboxylic acids is 2. The van der Waals surface area contributed by atoms with E-state index in [1.807, 2.05) is 0 Å². The molecule has 0 N–H and O–H groups in total. The second-order valence-electron chi connectivity index (χ2n) is 0.962. The third-order valence-electron chi connectivity index (χ3n) is 0. The van der Waals surface area contributed by atoms with Gasteiger partial charge in [0.25, 0.3) is 0 Å². The molecule has 0 unspecified atom stereocenters. The van der Waals surface area contributed by atoms with Crippen molar-refractivity contribution in [2.24, 2.45) is 0 Å². The second kappa shape index (κ2) is 6.43. The molecule has 0 aliphatic heterocycles. The van der Waals surface area contributed by atoms with Crippen molar-refractivity contribution in [2.45, 2.75) is 13.8 Å². The van der Waals surface area contributed by atoms with Gasteiger partial charge in [-0.3, -0.25) is 4.79 Å². The van der Waals surface area contributed by atoms with E-state index in [9.17, 15) is 4.79 Å². The number of hydrogen-bond acceptors (Lipinski definition) is 3. The highest BCUT2D eigenvalue weighted by Gasteiger charge is 1.67. The molecule has 0 aromatic heterocycles. The molecule has 3 nitrogen and oxygen atoms in total. The van der Waals surface area contributed by atoms with Gasteiger partial charge in [-0.2, -0.15) is 0 Å². The Kier molecular flexibility index (Phi) is 8.37. The molecule has 0 aliphatic carbocycles. The number of carboxylic acid groups (broad SMARTS) is 1. The number of carboxylic acids is 1. The van der Waals surface area contributed by atoms with Gasteiger partial charge in [0.1, 0.15) is 0 Å². The average molecular weight is 138 g/mol. The fraction of sp³-hybridized carbons (Fsp3) is 0.500. The summed E-state index contributed by atoms with van der Waals surface area (Å²) >= 11 is 4.64. The fourth-order valence-corrected chi connectivity index (χ4v) is 0. The van der Waals surface area contributed by atoms with E-state index in [2.05, 4.69) is 11.6 Å². The van der Waals surface area contributed by atoms with Gasteiger partial charge in [0, 0.05) is 12.9 Å². The predicted octanol–water partition coefficient (Wildman–Crippen LogP) is -0.472. The van der Waals surface area contributed by atoms with Gasteiger partial charge >= 0.3 is 0 Å². The van der Waals surface area contributed by atoms with Crippen molar-refractivity contribution in [1.29, 1.82) is 0 Å². The number of hydrogen-bond donors (Lipinski definition) is 0. The van der Waals surface area contributed by atoms with Crippen LogP contribution in [0.3, 0.4) is 0 Å². The van der Waals surface area contributed by atoms with Crippen molar-refractivity contribution in [3.8, 4) is 0 Å². The first-order valence-corrected chi connectivity index (χ1v) is 2.18. The average Bonchev–Trinajstić information content (AvgIpc) is 1.25. The quantitative estimate of drug-likeness (QED) is 0.424. The van der Waals surface area contributed by atoms with Crippen LogP contribution < -0.4 is 5.11 Å². The summed E-state index contributed by atoms with van der Waals surface area (Å²) in [5.74, 6) is -1.08. The maximum Gasteiger partial charge on any atom is 0.218 e. The number of rotatable bonds is 0. The van der Waals surface area contributed by atoms with Gasteiger partial charge in [-0.25, -0.2) is 0 Å². The molecule has 0 aliphatic rings. The molecule has 0 saturated carbocycles. The molecule has 4 heteroatoms. The summed E-state index contributed by atoms with van der Waals surface area (Å²) in [4.78, 5) is 18.1. The van der Waals surface area contributed by atoms with E-state index in [0.717, 1.165) is 6.92 Å². The van der Waals surface area contributed by atoms with Crippen molar-refractivity contribution in [2.75, 3.05) is 0 Å². The summed E-state index contributed by atoms with van der Waals surface area (Å²) in [6.45, 7) is 2.27. The van der Waals surface area contributed by atoms with Gasteiger partial charge in [-0.05, 0) is 18.5 Å². The summed E-state index contributed by atoms with van der Waals surface area (Å²) in [6.07, 6.45) is 0. The minimum atomic E-state index is -1.08. The van der Waals surface area contributed by atoms with Crippen LogP contribution in [-0.2, 0) is 9.59 Å². The smallest absolute Gasteiger partial charge is 0.218 e. The molecule has 0 atom stereocenters. The van der Waals surface area contributed by atoms with Gasteiger partial charge in [-0.1, -0.05) is 0 Å². The third kappa shape index (κ3) is 328. The first-order chi connectivity index (χ1) is 3.46. The zero-order valence-corrected chi connectivity index (χ0v) is 5.36. The van der Waals surface area contributed by atoms with Crippen LogP contribution in [0.15, 0.2) is 0 Å². The van der Waals surface area contributed by atoms with Gasteiger partial charge in [0.2, 0.25) is 5.24 Å². The van der Waals surface area contributed by atoms with Crippen LogP contribution in [0.4, 0.5) is 0 Å². The molecule has 48 valence electrons. The van der Waals surface area contributed by atoms with Crippen LogP contribution in [0, 0.1) is 0 Å². The Bertz CT molecular complexity index is 69.3. The molecule has 0 saturated heterocycles. The molecule has 8 heavy (non-hydrogen) atoms. The van der Waals surface area contributed by atoms with E-state index in [1.54, 1.807) is 0 Å².